The fourth-order valence-corrected chi connectivity index (χ4v) is 3.03. The fraction of sp³-hybridized carbons (Fsp3) is 0.538. The Morgan fingerprint density at radius 1 is 1.25 bits per heavy atom. The van der Waals surface area contributed by atoms with Gasteiger partial charge in [-0.3, -0.25) is 0 Å². The highest BCUT2D eigenvalue weighted by Crippen LogP contribution is 2.36. The molecule has 1 atom stereocenters. The van der Waals surface area contributed by atoms with Crippen LogP contribution in [0.5, 0.6) is 11.5 Å². The summed E-state index contributed by atoms with van der Waals surface area (Å²) in [7, 11) is -0.435. The standard InChI is InChI=1S/C13H19NO5S/c1-17-10-7-13(20(3,15)16)11(18-2)6-9(10)12-8-14-4-5-19-12/h6-7,12,14H,4-5,8H2,1-3H3. The summed E-state index contributed by atoms with van der Waals surface area (Å²) in [5.74, 6) is 0.789. The van der Waals surface area contributed by atoms with Gasteiger partial charge in [-0.25, -0.2) is 8.42 Å². The quantitative estimate of drug-likeness (QED) is 0.885. The molecule has 1 aromatic rings. The first-order valence-electron chi connectivity index (χ1n) is 6.25. The Balaban J connectivity index is 2.52. The van der Waals surface area contributed by atoms with Gasteiger partial charge in [0.2, 0.25) is 0 Å². The molecular weight excluding hydrogens is 282 g/mol. The van der Waals surface area contributed by atoms with Gasteiger partial charge in [0.25, 0.3) is 0 Å². The number of benzene rings is 1. The molecule has 0 bridgehead atoms. The molecule has 1 aliphatic rings. The Morgan fingerprint density at radius 2 is 1.95 bits per heavy atom. The number of nitrogens with one attached hydrogen (secondary N) is 1. The molecular formula is C13H19NO5S. The molecule has 1 saturated heterocycles. The minimum Gasteiger partial charge on any atom is -0.496 e. The second kappa shape index (κ2) is 5.99. The van der Waals surface area contributed by atoms with E-state index in [1.54, 1.807) is 6.07 Å². The molecule has 1 unspecified atom stereocenters. The Morgan fingerprint density at radius 3 is 2.45 bits per heavy atom. The number of ether oxygens (including phenoxy) is 3. The van der Waals surface area contributed by atoms with Gasteiger partial charge < -0.3 is 19.5 Å². The molecule has 1 heterocycles. The van der Waals surface area contributed by atoms with Gasteiger partial charge in [0.15, 0.2) is 9.84 Å². The van der Waals surface area contributed by atoms with Crippen LogP contribution in [-0.2, 0) is 14.6 Å². The highest BCUT2D eigenvalue weighted by molar-refractivity contribution is 7.90. The Hall–Kier alpha value is -1.31. The zero-order chi connectivity index (χ0) is 14.8. The summed E-state index contributed by atoms with van der Waals surface area (Å²) in [5, 5.41) is 3.23. The molecule has 20 heavy (non-hydrogen) atoms. The summed E-state index contributed by atoms with van der Waals surface area (Å²) in [6, 6.07) is 3.16. The second-order valence-corrected chi connectivity index (χ2v) is 6.56. The van der Waals surface area contributed by atoms with Gasteiger partial charge in [0.1, 0.15) is 16.4 Å². The van der Waals surface area contributed by atoms with Crippen molar-refractivity contribution in [3.8, 4) is 11.5 Å². The Bertz CT molecular complexity index is 579. The molecule has 0 aliphatic carbocycles. The van der Waals surface area contributed by atoms with E-state index in [4.69, 9.17) is 14.2 Å². The first kappa shape index (κ1) is 15.1. The van der Waals surface area contributed by atoms with E-state index in [2.05, 4.69) is 5.32 Å². The minimum atomic E-state index is -3.39. The fourth-order valence-electron chi connectivity index (χ4n) is 2.20. The molecule has 1 aliphatic heterocycles. The summed E-state index contributed by atoms with van der Waals surface area (Å²) < 4.78 is 39.8. The van der Waals surface area contributed by atoms with Gasteiger partial charge >= 0.3 is 0 Å². The van der Waals surface area contributed by atoms with E-state index in [-0.39, 0.29) is 11.0 Å². The largest absolute Gasteiger partial charge is 0.496 e. The van der Waals surface area contributed by atoms with Crippen molar-refractivity contribution in [2.24, 2.45) is 0 Å². The van der Waals surface area contributed by atoms with Crippen LogP contribution in [-0.4, -0.2) is 48.6 Å². The van der Waals surface area contributed by atoms with Crippen LogP contribution in [0.25, 0.3) is 0 Å². The van der Waals surface area contributed by atoms with Crippen LogP contribution in [0, 0.1) is 0 Å². The van der Waals surface area contributed by atoms with Crippen molar-refractivity contribution in [3.05, 3.63) is 17.7 Å². The number of rotatable bonds is 4. The zero-order valence-corrected chi connectivity index (χ0v) is 12.6. The van der Waals surface area contributed by atoms with Crippen molar-refractivity contribution >= 4 is 9.84 Å². The normalized spacial score (nSPS) is 19.6. The van der Waals surface area contributed by atoms with E-state index < -0.39 is 9.84 Å². The number of hydrogen-bond donors (Lipinski definition) is 1. The molecule has 6 nitrogen and oxygen atoms in total. The van der Waals surface area contributed by atoms with Gasteiger partial charge in [-0.05, 0) is 6.07 Å². The van der Waals surface area contributed by atoms with Gasteiger partial charge in [-0.2, -0.15) is 0 Å². The molecule has 112 valence electrons. The topological polar surface area (TPSA) is 73.9 Å². The molecule has 1 aromatic carbocycles. The highest BCUT2D eigenvalue weighted by atomic mass is 32.2. The van der Waals surface area contributed by atoms with Crippen molar-refractivity contribution in [1.29, 1.82) is 0 Å². The molecule has 0 radical (unpaired) electrons. The highest BCUT2D eigenvalue weighted by Gasteiger charge is 2.24. The molecule has 2 rings (SSSR count). The van der Waals surface area contributed by atoms with Crippen molar-refractivity contribution in [3.63, 3.8) is 0 Å². The maximum Gasteiger partial charge on any atom is 0.179 e. The lowest BCUT2D eigenvalue weighted by molar-refractivity contribution is 0.0261. The summed E-state index contributed by atoms with van der Waals surface area (Å²) in [6.07, 6.45) is 0.962. The zero-order valence-electron chi connectivity index (χ0n) is 11.8. The van der Waals surface area contributed by atoms with Crippen LogP contribution in [0.1, 0.15) is 11.7 Å². The van der Waals surface area contributed by atoms with Gasteiger partial charge in [-0.15, -0.1) is 0 Å². The number of hydrogen-bond acceptors (Lipinski definition) is 6. The summed E-state index contributed by atoms with van der Waals surface area (Å²) >= 11 is 0. The van der Waals surface area contributed by atoms with E-state index >= 15 is 0 Å². The van der Waals surface area contributed by atoms with Crippen LogP contribution in [0.2, 0.25) is 0 Å². The van der Waals surface area contributed by atoms with Crippen molar-refractivity contribution < 1.29 is 22.6 Å². The third kappa shape index (κ3) is 3.05. The lowest BCUT2D eigenvalue weighted by Crippen LogP contribution is -2.33. The summed E-state index contributed by atoms with van der Waals surface area (Å²) in [5.41, 5.74) is 0.781. The SMILES string of the molecule is COc1cc(S(C)(=O)=O)c(OC)cc1C1CNCCO1. The monoisotopic (exact) mass is 301 g/mol. The van der Waals surface area contributed by atoms with Crippen LogP contribution in [0.3, 0.4) is 0 Å². The van der Waals surface area contributed by atoms with Gasteiger partial charge in [-0.1, -0.05) is 0 Å². The molecule has 0 saturated carbocycles. The average Bonchev–Trinajstić information content (AvgIpc) is 2.45. The minimum absolute atomic E-state index is 0.115. The maximum atomic E-state index is 11.8. The van der Waals surface area contributed by atoms with Crippen LogP contribution >= 0.6 is 0 Å². The Labute approximate surface area is 118 Å². The van der Waals surface area contributed by atoms with E-state index in [9.17, 15) is 8.42 Å². The van der Waals surface area contributed by atoms with E-state index in [1.165, 1.54) is 20.3 Å². The van der Waals surface area contributed by atoms with Crippen LogP contribution in [0.4, 0.5) is 0 Å². The van der Waals surface area contributed by atoms with E-state index in [1.807, 2.05) is 0 Å². The van der Waals surface area contributed by atoms with Crippen molar-refractivity contribution in [1.82, 2.24) is 5.32 Å². The lowest BCUT2D eigenvalue weighted by atomic mass is 10.1. The second-order valence-electron chi connectivity index (χ2n) is 4.58. The van der Waals surface area contributed by atoms with Crippen LogP contribution < -0.4 is 14.8 Å². The average molecular weight is 301 g/mol. The molecule has 7 heteroatoms. The summed E-state index contributed by atoms with van der Waals surface area (Å²) in [6.45, 7) is 2.05. The molecule has 0 aromatic heterocycles. The molecule has 0 amide bonds. The predicted octanol–water partition coefficient (Wildman–Crippen LogP) is 0.768. The van der Waals surface area contributed by atoms with Crippen molar-refractivity contribution in [2.45, 2.75) is 11.0 Å². The van der Waals surface area contributed by atoms with Gasteiger partial charge in [0, 0.05) is 31.0 Å². The smallest absolute Gasteiger partial charge is 0.179 e. The van der Waals surface area contributed by atoms with Crippen LogP contribution in [0.15, 0.2) is 17.0 Å². The number of methoxy groups -OCH3 is 2. The first-order chi connectivity index (χ1) is 9.47. The van der Waals surface area contributed by atoms with E-state index in [0.717, 1.165) is 18.4 Å². The third-order valence-corrected chi connectivity index (χ3v) is 4.31. The summed E-state index contributed by atoms with van der Waals surface area (Å²) in [4.78, 5) is 0.115. The molecule has 1 fully saturated rings. The molecule has 0 spiro atoms. The Kier molecular flexibility index (Phi) is 4.52. The number of sulfone groups is 1. The predicted molar refractivity (Wildman–Crippen MR) is 74.2 cm³/mol. The molecule has 1 N–H and O–H groups in total. The third-order valence-electron chi connectivity index (χ3n) is 3.19. The maximum absolute atomic E-state index is 11.8. The van der Waals surface area contributed by atoms with Gasteiger partial charge in [0.05, 0.1) is 26.9 Å². The first-order valence-corrected chi connectivity index (χ1v) is 8.14. The van der Waals surface area contributed by atoms with E-state index in [0.29, 0.717) is 24.7 Å². The number of morpholine rings is 1. The lowest BCUT2D eigenvalue weighted by Gasteiger charge is -2.26. The van der Waals surface area contributed by atoms with Crippen molar-refractivity contribution in [2.75, 3.05) is 40.2 Å².